The second-order valence-corrected chi connectivity index (χ2v) is 8.74. The fourth-order valence-electron chi connectivity index (χ4n) is 3.38. The number of anilines is 1. The van der Waals surface area contributed by atoms with E-state index in [1.807, 2.05) is 0 Å². The van der Waals surface area contributed by atoms with Crippen molar-refractivity contribution in [3.8, 4) is 0 Å². The van der Waals surface area contributed by atoms with Gasteiger partial charge in [0.25, 0.3) is 5.91 Å². The molecule has 5 nitrogen and oxygen atoms in total. The van der Waals surface area contributed by atoms with Gasteiger partial charge in [0.2, 0.25) is 0 Å². The van der Waals surface area contributed by atoms with Crippen LogP contribution in [-0.2, 0) is 12.8 Å². The molecule has 2 aliphatic rings. The third-order valence-electron chi connectivity index (χ3n) is 4.99. The van der Waals surface area contributed by atoms with Gasteiger partial charge in [-0.25, -0.2) is 0 Å². The van der Waals surface area contributed by atoms with Crippen LogP contribution in [0.4, 0.5) is 5.00 Å². The smallest absolute Gasteiger partial charge is 0.254 e. The number of carbonyl (C=O) groups is 1. The average Bonchev–Trinajstić information content (AvgIpc) is 3.37. The van der Waals surface area contributed by atoms with E-state index in [0.29, 0.717) is 17.6 Å². The number of rotatable bonds is 8. The molecule has 0 bridgehead atoms. The molecule has 1 fully saturated rings. The third-order valence-corrected chi connectivity index (χ3v) is 6.32. The minimum Gasteiger partial charge on any atom is -0.376 e. The number of hydrogen-bond donors (Lipinski definition) is 4. The number of unbranched alkanes of at least 4 members (excludes halogenated alkanes) is 1. The highest BCUT2D eigenvalue weighted by molar-refractivity contribution is 7.80. The Bertz CT molecular complexity index is 709. The van der Waals surface area contributed by atoms with Crippen molar-refractivity contribution in [1.82, 2.24) is 10.6 Å². The predicted molar refractivity (Wildman–Crippen MR) is 113 cm³/mol. The molecule has 2 aliphatic carbocycles. The van der Waals surface area contributed by atoms with E-state index in [4.69, 9.17) is 18.0 Å². The second-order valence-electron chi connectivity index (χ2n) is 7.19. The zero-order valence-electron chi connectivity index (χ0n) is 15.3. The lowest BCUT2D eigenvalue weighted by Crippen LogP contribution is -2.41. The molecule has 1 saturated carbocycles. The Labute approximate surface area is 164 Å². The molecule has 0 aromatic carbocycles. The van der Waals surface area contributed by atoms with E-state index in [1.165, 1.54) is 17.7 Å². The van der Waals surface area contributed by atoms with Crippen LogP contribution in [-0.4, -0.2) is 23.6 Å². The maximum Gasteiger partial charge on any atom is 0.254 e. The molecule has 0 spiro atoms. The fourth-order valence-corrected chi connectivity index (χ4v) is 4.82. The maximum absolute atomic E-state index is 12.9. The van der Waals surface area contributed by atoms with Gasteiger partial charge in [-0.15, -0.1) is 11.3 Å². The topological polar surface area (TPSA) is 79.2 Å². The van der Waals surface area contributed by atoms with Gasteiger partial charge in [0.15, 0.2) is 5.11 Å². The van der Waals surface area contributed by atoms with Gasteiger partial charge in [-0.1, -0.05) is 19.9 Å². The van der Waals surface area contributed by atoms with Gasteiger partial charge in [-0.05, 0) is 62.2 Å². The van der Waals surface area contributed by atoms with Crippen LogP contribution in [0.3, 0.4) is 0 Å². The lowest BCUT2D eigenvalue weighted by molar-refractivity contribution is 0.0953. The van der Waals surface area contributed by atoms with Crippen LogP contribution in [0.25, 0.3) is 0 Å². The van der Waals surface area contributed by atoms with Gasteiger partial charge in [0, 0.05) is 23.2 Å². The molecule has 1 heterocycles. The highest BCUT2D eigenvalue weighted by atomic mass is 32.1. The van der Waals surface area contributed by atoms with Crippen molar-refractivity contribution >= 4 is 39.6 Å². The first kappa shape index (κ1) is 19.2. The zero-order valence-corrected chi connectivity index (χ0v) is 17.0. The van der Waals surface area contributed by atoms with Crippen molar-refractivity contribution < 1.29 is 4.79 Å². The minimum atomic E-state index is 0.0121. The molecule has 0 aliphatic heterocycles. The summed E-state index contributed by atoms with van der Waals surface area (Å²) >= 11 is 6.69. The highest BCUT2D eigenvalue weighted by Crippen LogP contribution is 2.42. The Morgan fingerprint density at radius 1 is 1.38 bits per heavy atom. The average molecular weight is 393 g/mol. The quantitative estimate of drug-likeness (QED) is 0.403. The van der Waals surface area contributed by atoms with Gasteiger partial charge in [-0.2, -0.15) is 0 Å². The lowest BCUT2D eigenvalue weighted by atomic mass is 9.91. The van der Waals surface area contributed by atoms with Gasteiger partial charge in [0.05, 0.1) is 5.56 Å². The lowest BCUT2D eigenvalue weighted by Gasteiger charge is -2.24. The van der Waals surface area contributed by atoms with Crippen molar-refractivity contribution in [3.05, 3.63) is 28.3 Å². The molecule has 0 radical (unpaired) electrons. The number of nitrogens with two attached hydrogens (primary N) is 1. The summed E-state index contributed by atoms with van der Waals surface area (Å²) in [7, 11) is 0. The normalized spacial score (nSPS) is 18.7. The molecule has 3 rings (SSSR count). The summed E-state index contributed by atoms with van der Waals surface area (Å²) in [6.45, 7) is 6.99. The van der Waals surface area contributed by atoms with Crippen molar-refractivity contribution in [2.45, 2.75) is 57.9 Å². The van der Waals surface area contributed by atoms with E-state index in [2.05, 4.69) is 29.5 Å². The molecule has 142 valence electrons. The highest BCUT2D eigenvalue weighted by Gasteiger charge is 2.31. The second kappa shape index (κ2) is 8.39. The van der Waals surface area contributed by atoms with Gasteiger partial charge in [0.1, 0.15) is 5.00 Å². The van der Waals surface area contributed by atoms with E-state index in [9.17, 15) is 4.79 Å². The van der Waals surface area contributed by atoms with Crippen LogP contribution in [0, 0.1) is 5.92 Å². The number of thiophene rings is 1. The Morgan fingerprint density at radius 3 is 2.81 bits per heavy atom. The number of aryl methyl sites for hydroxylation is 1. The molecule has 26 heavy (non-hydrogen) atoms. The van der Waals surface area contributed by atoms with Gasteiger partial charge in [-0.3, -0.25) is 4.79 Å². The van der Waals surface area contributed by atoms with Crippen molar-refractivity contribution in [3.63, 3.8) is 0 Å². The monoisotopic (exact) mass is 392 g/mol. The fraction of sp³-hybridized carbons (Fsp3) is 0.579. The van der Waals surface area contributed by atoms with E-state index in [0.717, 1.165) is 53.9 Å². The van der Waals surface area contributed by atoms with Crippen LogP contribution in [0.15, 0.2) is 12.3 Å². The van der Waals surface area contributed by atoms with Crippen LogP contribution < -0.4 is 21.7 Å². The number of allylic oxidation sites excluding steroid dienone is 1. The summed E-state index contributed by atoms with van der Waals surface area (Å²) in [5.41, 5.74) is 8.61. The van der Waals surface area contributed by atoms with E-state index >= 15 is 0 Å². The molecular formula is C19H28N4OS2. The first-order valence-corrected chi connectivity index (χ1v) is 10.7. The molecule has 5 N–H and O–H groups in total. The Morgan fingerprint density at radius 2 is 2.15 bits per heavy atom. The summed E-state index contributed by atoms with van der Waals surface area (Å²) in [5.74, 6) is 0.562. The van der Waals surface area contributed by atoms with E-state index < -0.39 is 0 Å². The third kappa shape index (κ3) is 4.57. The van der Waals surface area contributed by atoms with Crippen LogP contribution in [0.5, 0.6) is 0 Å². The first-order chi connectivity index (χ1) is 12.5. The number of amides is 1. The number of fused-ring (bicyclic) bond motifs is 1. The molecule has 1 unspecified atom stereocenters. The summed E-state index contributed by atoms with van der Waals surface area (Å²) in [4.78, 5) is 14.2. The SMILES string of the molecule is C=C(Nc1sc2c(c1C(=O)NCCCC)CC(NC(N)=S)CC2)C1CC1. The number of hydrogen-bond acceptors (Lipinski definition) is 4. The Hall–Kier alpha value is -1.60. The maximum atomic E-state index is 12.9. The van der Waals surface area contributed by atoms with Crippen LogP contribution in [0.1, 0.15) is 59.8 Å². The zero-order chi connectivity index (χ0) is 18.7. The standard InChI is InChI=1S/C19H28N4OS2/c1-3-4-9-21-17(24)16-14-10-13(23-19(20)25)7-8-15(14)26-18(16)22-11(2)12-5-6-12/h12-13,22H,2-10H2,1H3,(H,21,24)(H3,20,23,25). The molecule has 0 saturated heterocycles. The molecule has 1 aromatic heterocycles. The summed E-state index contributed by atoms with van der Waals surface area (Å²) in [5, 5.41) is 11.0. The molecule has 1 atom stereocenters. The van der Waals surface area contributed by atoms with E-state index in [-0.39, 0.29) is 11.9 Å². The molecular weight excluding hydrogens is 364 g/mol. The van der Waals surface area contributed by atoms with Crippen LogP contribution in [0.2, 0.25) is 0 Å². The molecule has 1 aromatic rings. The van der Waals surface area contributed by atoms with Gasteiger partial charge >= 0.3 is 0 Å². The summed E-state index contributed by atoms with van der Waals surface area (Å²) in [6, 6.07) is 0.191. The largest absolute Gasteiger partial charge is 0.376 e. The van der Waals surface area contributed by atoms with Crippen LogP contribution >= 0.6 is 23.6 Å². The van der Waals surface area contributed by atoms with Gasteiger partial charge < -0.3 is 21.7 Å². The number of nitrogens with one attached hydrogen (secondary N) is 3. The van der Waals surface area contributed by atoms with Crippen molar-refractivity contribution in [2.24, 2.45) is 11.7 Å². The number of thiocarbonyl (C=S) groups is 1. The summed E-state index contributed by atoms with van der Waals surface area (Å²) in [6.07, 6.45) is 7.12. The first-order valence-electron chi connectivity index (χ1n) is 9.44. The Kier molecular flexibility index (Phi) is 6.19. The van der Waals surface area contributed by atoms with Crippen molar-refractivity contribution in [2.75, 3.05) is 11.9 Å². The number of carbonyl (C=O) groups excluding carboxylic acids is 1. The Balaban J connectivity index is 1.84. The molecule has 7 heteroatoms. The minimum absolute atomic E-state index is 0.0121. The summed E-state index contributed by atoms with van der Waals surface area (Å²) < 4.78 is 0. The van der Waals surface area contributed by atoms with Crippen molar-refractivity contribution in [1.29, 1.82) is 0 Å². The predicted octanol–water partition coefficient (Wildman–Crippen LogP) is 3.30. The molecule has 1 amide bonds. The van der Waals surface area contributed by atoms with E-state index in [1.54, 1.807) is 11.3 Å².